The van der Waals surface area contributed by atoms with E-state index in [4.69, 9.17) is 5.11 Å². The maximum atomic E-state index is 12.5. The van der Waals surface area contributed by atoms with Gasteiger partial charge in [-0.2, -0.15) is 0 Å². The molecule has 0 saturated carbocycles. The topological polar surface area (TPSA) is 71.4 Å². The summed E-state index contributed by atoms with van der Waals surface area (Å²) in [5, 5.41) is 8.98. The molecular formula is C15H13BrO4S. The number of carboxylic acid groups (broad SMARTS) is 1. The molecule has 0 aliphatic rings. The van der Waals surface area contributed by atoms with E-state index in [0.29, 0.717) is 10.0 Å². The van der Waals surface area contributed by atoms with Gasteiger partial charge in [-0.15, -0.1) is 0 Å². The second-order valence-electron chi connectivity index (χ2n) is 4.70. The number of hydrogen-bond acceptors (Lipinski definition) is 3. The third-order valence-electron chi connectivity index (χ3n) is 2.95. The average Bonchev–Trinajstić information content (AvgIpc) is 2.38. The smallest absolute Gasteiger partial charge is 0.335 e. The van der Waals surface area contributed by atoms with Crippen molar-refractivity contribution in [3.8, 4) is 0 Å². The van der Waals surface area contributed by atoms with Crippen molar-refractivity contribution in [2.45, 2.75) is 17.6 Å². The van der Waals surface area contributed by atoms with Crippen LogP contribution in [0.15, 0.2) is 51.8 Å². The molecule has 2 rings (SSSR count). The molecule has 0 aliphatic heterocycles. The van der Waals surface area contributed by atoms with Gasteiger partial charge in [0.2, 0.25) is 0 Å². The van der Waals surface area contributed by atoms with Gasteiger partial charge < -0.3 is 5.11 Å². The lowest BCUT2D eigenvalue weighted by Crippen LogP contribution is -2.08. The van der Waals surface area contributed by atoms with Crippen LogP contribution in [0.1, 0.15) is 21.5 Å². The Morgan fingerprint density at radius 3 is 2.52 bits per heavy atom. The lowest BCUT2D eigenvalue weighted by Gasteiger charge is -2.08. The zero-order chi connectivity index (χ0) is 15.6. The molecule has 21 heavy (non-hydrogen) atoms. The predicted octanol–water partition coefficient (Wildman–Crippen LogP) is 3.43. The SMILES string of the molecule is Cc1cccc(CS(=O)(=O)c2cc(C(=O)O)ccc2Br)c1. The van der Waals surface area contributed by atoms with E-state index < -0.39 is 15.8 Å². The summed E-state index contributed by atoms with van der Waals surface area (Å²) in [5.41, 5.74) is 1.59. The molecule has 110 valence electrons. The number of carbonyl (C=O) groups is 1. The van der Waals surface area contributed by atoms with Crippen LogP contribution in [0, 0.1) is 6.92 Å². The van der Waals surface area contributed by atoms with E-state index in [9.17, 15) is 13.2 Å². The van der Waals surface area contributed by atoms with Crippen molar-refractivity contribution < 1.29 is 18.3 Å². The van der Waals surface area contributed by atoms with Crippen LogP contribution in [0.2, 0.25) is 0 Å². The number of benzene rings is 2. The Morgan fingerprint density at radius 2 is 1.90 bits per heavy atom. The molecule has 0 amide bonds. The van der Waals surface area contributed by atoms with Crippen LogP contribution in [-0.2, 0) is 15.6 Å². The Morgan fingerprint density at radius 1 is 1.19 bits per heavy atom. The number of sulfone groups is 1. The van der Waals surface area contributed by atoms with Gasteiger partial charge in [-0.05, 0) is 46.6 Å². The highest BCUT2D eigenvalue weighted by atomic mass is 79.9. The van der Waals surface area contributed by atoms with Gasteiger partial charge in [0.1, 0.15) is 0 Å². The van der Waals surface area contributed by atoms with Gasteiger partial charge in [0, 0.05) is 4.47 Å². The standard InChI is InChI=1S/C15H13BrO4S/c1-10-3-2-4-11(7-10)9-21(19,20)14-8-12(15(17)18)5-6-13(14)16/h2-8H,9H2,1H3,(H,17,18). The van der Waals surface area contributed by atoms with E-state index in [1.807, 2.05) is 13.0 Å². The fourth-order valence-corrected chi connectivity index (χ4v) is 4.41. The van der Waals surface area contributed by atoms with Crippen LogP contribution in [0.3, 0.4) is 0 Å². The lowest BCUT2D eigenvalue weighted by molar-refractivity contribution is 0.0696. The lowest BCUT2D eigenvalue weighted by atomic mass is 10.2. The molecule has 0 radical (unpaired) electrons. The molecule has 4 nitrogen and oxygen atoms in total. The fourth-order valence-electron chi connectivity index (χ4n) is 1.97. The Labute approximate surface area is 131 Å². The summed E-state index contributed by atoms with van der Waals surface area (Å²) in [7, 11) is -3.63. The van der Waals surface area contributed by atoms with Crippen LogP contribution < -0.4 is 0 Å². The molecule has 6 heteroatoms. The maximum Gasteiger partial charge on any atom is 0.335 e. The minimum absolute atomic E-state index is 0.0103. The molecule has 2 aromatic carbocycles. The van der Waals surface area contributed by atoms with Crippen molar-refractivity contribution in [3.63, 3.8) is 0 Å². The van der Waals surface area contributed by atoms with E-state index >= 15 is 0 Å². The van der Waals surface area contributed by atoms with Gasteiger partial charge in [-0.1, -0.05) is 29.8 Å². The first-order chi connectivity index (χ1) is 9.79. The van der Waals surface area contributed by atoms with Crippen molar-refractivity contribution in [1.29, 1.82) is 0 Å². The van der Waals surface area contributed by atoms with Crippen LogP contribution in [0.5, 0.6) is 0 Å². The molecule has 0 heterocycles. The average molecular weight is 369 g/mol. The van der Waals surface area contributed by atoms with E-state index in [-0.39, 0.29) is 16.2 Å². The highest BCUT2D eigenvalue weighted by Gasteiger charge is 2.20. The van der Waals surface area contributed by atoms with Crippen molar-refractivity contribution in [2.24, 2.45) is 0 Å². The Balaban J connectivity index is 2.44. The summed E-state index contributed by atoms with van der Waals surface area (Å²) in [6.07, 6.45) is 0. The fraction of sp³-hybridized carbons (Fsp3) is 0.133. The van der Waals surface area contributed by atoms with Gasteiger partial charge in [0.25, 0.3) is 0 Å². The van der Waals surface area contributed by atoms with Gasteiger partial charge >= 0.3 is 5.97 Å². The van der Waals surface area contributed by atoms with Crippen LogP contribution in [0.4, 0.5) is 0 Å². The Hall–Kier alpha value is -1.66. The number of halogens is 1. The predicted molar refractivity (Wildman–Crippen MR) is 83.2 cm³/mol. The number of rotatable bonds is 4. The van der Waals surface area contributed by atoms with Crippen molar-refractivity contribution in [1.82, 2.24) is 0 Å². The first-order valence-corrected chi connectivity index (χ1v) is 8.55. The summed E-state index contributed by atoms with van der Waals surface area (Å²) in [4.78, 5) is 11.0. The molecule has 0 fully saturated rings. The first-order valence-electron chi connectivity index (χ1n) is 6.11. The highest BCUT2D eigenvalue weighted by molar-refractivity contribution is 9.10. The summed E-state index contributed by atoms with van der Waals surface area (Å²) in [6.45, 7) is 1.89. The first kappa shape index (κ1) is 15.7. The minimum atomic E-state index is -3.63. The molecule has 2 aromatic rings. The molecule has 0 spiro atoms. The van der Waals surface area contributed by atoms with Gasteiger partial charge in [0.15, 0.2) is 9.84 Å². The summed E-state index contributed by atoms with van der Waals surface area (Å²) in [5.74, 6) is -1.33. The van der Waals surface area contributed by atoms with E-state index in [1.165, 1.54) is 18.2 Å². The maximum absolute atomic E-state index is 12.5. The zero-order valence-electron chi connectivity index (χ0n) is 11.2. The van der Waals surface area contributed by atoms with Gasteiger partial charge in [0.05, 0.1) is 16.2 Å². The van der Waals surface area contributed by atoms with E-state index in [0.717, 1.165) is 5.56 Å². The number of hydrogen-bond donors (Lipinski definition) is 1. The molecule has 0 saturated heterocycles. The monoisotopic (exact) mass is 368 g/mol. The van der Waals surface area contributed by atoms with E-state index in [2.05, 4.69) is 15.9 Å². The third kappa shape index (κ3) is 3.71. The minimum Gasteiger partial charge on any atom is -0.478 e. The molecule has 0 bridgehead atoms. The summed E-state index contributed by atoms with van der Waals surface area (Å²) >= 11 is 3.17. The second kappa shape index (κ2) is 5.99. The van der Waals surface area contributed by atoms with Crippen LogP contribution in [-0.4, -0.2) is 19.5 Å². The third-order valence-corrected chi connectivity index (χ3v) is 5.63. The normalized spacial score (nSPS) is 11.3. The summed E-state index contributed by atoms with van der Waals surface area (Å²) < 4.78 is 25.3. The number of carboxylic acids is 1. The van der Waals surface area contributed by atoms with Crippen LogP contribution in [0.25, 0.3) is 0 Å². The van der Waals surface area contributed by atoms with Gasteiger partial charge in [-0.3, -0.25) is 0 Å². The second-order valence-corrected chi connectivity index (χ2v) is 7.51. The number of aryl methyl sites for hydroxylation is 1. The van der Waals surface area contributed by atoms with Crippen molar-refractivity contribution in [2.75, 3.05) is 0 Å². The quantitative estimate of drug-likeness (QED) is 0.896. The number of aromatic carboxylic acids is 1. The molecule has 0 atom stereocenters. The molecule has 1 N–H and O–H groups in total. The Kier molecular flexibility index (Phi) is 4.49. The van der Waals surface area contributed by atoms with Crippen molar-refractivity contribution >= 4 is 31.7 Å². The van der Waals surface area contributed by atoms with Gasteiger partial charge in [-0.25, -0.2) is 13.2 Å². The van der Waals surface area contributed by atoms with Crippen LogP contribution >= 0.6 is 15.9 Å². The molecular weight excluding hydrogens is 356 g/mol. The highest BCUT2D eigenvalue weighted by Crippen LogP contribution is 2.26. The molecule has 0 aliphatic carbocycles. The zero-order valence-corrected chi connectivity index (χ0v) is 13.6. The summed E-state index contributed by atoms with van der Waals surface area (Å²) in [6, 6.07) is 11.2. The Bertz CT molecular complexity index is 797. The van der Waals surface area contributed by atoms with Crippen molar-refractivity contribution in [3.05, 3.63) is 63.6 Å². The van der Waals surface area contributed by atoms with E-state index in [1.54, 1.807) is 18.2 Å². The molecule has 0 unspecified atom stereocenters. The largest absolute Gasteiger partial charge is 0.478 e. The molecule has 0 aromatic heterocycles.